The van der Waals surface area contributed by atoms with Gasteiger partial charge in [0.1, 0.15) is 0 Å². The highest BCUT2D eigenvalue weighted by molar-refractivity contribution is 9.10. The summed E-state index contributed by atoms with van der Waals surface area (Å²) in [5.74, 6) is 0. The molecule has 6 rings (SSSR count). The number of benzene rings is 5. The van der Waals surface area contributed by atoms with Crippen LogP contribution in [0.4, 0.5) is 0 Å². The Kier molecular flexibility index (Phi) is 6.21. The van der Waals surface area contributed by atoms with E-state index >= 15 is 0 Å². The van der Waals surface area contributed by atoms with Crippen molar-refractivity contribution in [1.82, 2.24) is 0 Å². The predicted molar refractivity (Wildman–Crippen MR) is 160 cm³/mol. The molecule has 0 N–H and O–H groups in total. The second-order valence-electron chi connectivity index (χ2n) is 10.4. The number of hydrogen-bond acceptors (Lipinski definition) is 0. The van der Waals surface area contributed by atoms with Crippen molar-refractivity contribution in [3.63, 3.8) is 0 Å². The molecule has 5 aromatic rings. The molecule has 36 heavy (non-hydrogen) atoms. The molecule has 1 aliphatic carbocycles. The summed E-state index contributed by atoms with van der Waals surface area (Å²) in [4.78, 5) is 0. The van der Waals surface area contributed by atoms with E-state index in [1.165, 1.54) is 86.8 Å². The maximum absolute atomic E-state index is 3.93. The smallest absolute Gasteiger partial charge is 0.0332 e. The molecule has 0 aromatic heterocycles. The van der Waals surface area contributed by atoms with E-state index in [0.29, 0.717) is 0 Å². The van der Waals surface area contributed by atoms with Crippen molar-refractivity contribution in [3.8, 4) is 22.3 Å². The predicted octanol–water partition coefficient (Wildman–Crippen LogP) is 11.1. The number of hydrogen-bond donors (Lipinski definition) is 0. The molecule has 0 saturated heterocycles. The summed E-state index contributed by atoms with van der Waals surface area (Å²) in [6.45, 7) is 4.65. The molecule has 0 aliphatic heterocycles. The fourth-order valence-corrected chi connectivity index (χ4v) is 7.31. The first kappa shape index (κ1) is 23.5. The van der Waals surface area contributed by atoms with Crippen molar-refractivity contribution in [2.45, 2.75) is 57.8 Å². The van der Waals surface area contributed by atoms with Gasteiger partial charge in [-0.3, -0.25) is 0 Å². The summed E-state index contributed by atoms with van der Waals surface area (Å²) in [6.07, 6.45) is 7.41. The molecular formula is C35H33Br. The second-order valence-corrected chi connectivity index (χ2v) is 11.2. The first-order valence-corrected chi connectivity index (χ1v) is 14.3. The quantitative estimate of drug-likeness (QED) is 0.183. The summed E-state index contributed by atoms with van der Waals surface area (Å²) in [5.41, 5.74) is 8.75. The molecule has 0 bridgehead atoms. The van der Waals surface area contributed by atoms with Crippen molar-refractivity contribution in [1.29, 1.82) is 0 Å². The van der Waals surface area contributed by atoms with Crippen LogP contribution in [0.25, 0.3) is 43.8 Å². The van der Waals surface area contributed by atoms with Crippen molar-refractivity contribution in [3.05, 3.63) is 107 Å². The molecule has 1 heteroatoms. The zero-order chi connectivity index (χ0) is 24.7. The Balaban J connectivity index is 1.66. The van der Waals surface area contributed by atoms with Gasteiger partial charge >= 0.3 is 0 Å². The molecule has 0 nitrogen and oxygen atoms in total. The molecule has 0 spiro atoms. The van der Waals surface area contributed by atoms with Crippen LogP contribution in [0.3, 0.4) is 0 Å². The highest BCUT2D eigenvalue weighted by atomic mass is 79.9. The molecule has 180 valence electrons. The fraction of sp³-hybridized carbons (Fsp3) is 0.257. The van der Waals surface area contributed by atoms with Crippen molar-refractivity contribution in [2.75, 3.05) is 0 Å². The number of rotatable bonds is 7. The Bertz CT molecular complexity index is 1510. The normalized spacial score (nSPS) is 13.8. The summed E-state index contributed by atoms with van der Waals surface area (Å²) in [6, 6.07) is 34.2. The lowest BCUT2D eigenvalue weighted by Crippen LogP contribution is -2.25. The molecule has 5 aromatic carbocycles. The monoisotopic (exact) mass is 532 g/mol. The number of fused-ring (bicyclic) bond motifs is 5. The average molecular weight is 534 g/mol. The summed E-state index contributed by atoms with van der Waals surface area (Å²) >= 11 is 3.93. The molecule has 0 amide bonds. The topological polar surface area (TPSA) is 0 Å². The number of unbranched alkanes of at least 4 members (excludes halogenated alkanes) is 2. The van der Waals surface area contributed by atoms with Crippen molar-refractivity contribution >= 4 is 37.5 Å². The molecule has 0 radical (unpaired) electrons. The highest BCUT2D eigenvalue weighted by Crippen LogP contribution is 2.55. The summed E-state index contributed by atoms with van der Waals surface area (Å²) in [7, 11) is 0. The van der Waals surface area contributed by atoms with Crippen LogP contribution in [-0.4, -0.2) is 0 Å². The first-order valence-electron chi connectivity index (χ1n) is 13.5. The minimum Gasteiger partial charge on any atom is -0.0654 e. The van der Waals surface area contributed by atoms with E-state index in [0.717, 1.165) is 0 Å². The van der Waals surface area contributed by atoms with Crippen molar-refractivity contribution in [2.24, 2.45) is 0 Å². The van der Waals surface area contributed by atoms with Crippen molar-refractivity contribution < 1.29 is 0 Å². The average Bonchev–Trinajstić information content (AvgIpc) is 3.20. The summed E-state index contributed by atoms with van der Waals surface area (Å²) in [5, 5.41) is 5.17. The Labute approximate surface area is 223 Å². The van der Waals surface area contributed by atoms with E-state index in [9.17, 15) is 0 Å². The largest absolute Gasteiger partial charge is 0.0654 e. The third-order valence-corrected chi connectivity index (χ3v) is 9.19. The third kappa shape index (κ3) is 3.55. The van der Waals surface area contributed by atoms with Crippen LogP contribution in [0, 0.1) is 0 Å². The van der Waals surface area contributed by atoms with E-state index in [2.05, 4.69) is 121 Å². The standard InChI is InChI=1S/C35H33Br/c1-3-5-21-35(22-6-4-2)31-18-12-11-13-25(31)26-20-19-24(23-32(26)35)33-27-14-7-9-16-29(27)34(36)30-17-10-8-15-28(30)33/h7-20,23H,3-6,21-22H2,1-2H3. The van der Waals surface area contributed by atoms with Crippen LogP contribution in [0.15, 0.2) is 95.5 Å². The molecule has 0 unspecified atom stereocenters. The Morgan fingerprint density at radius 1 is 0.583 bits per heavy atom. The lowest BCUT2D eigenvalue weighted by Gasteiger charge is -2.33. The van der Waals surface area contributed by atoms with E-state index < -0.39 is 0 Å². The molecular weight excluding hydrogens is 500 g/mol. The van der Waals surface area contributed by atoms with E-state index in [-0.39, 0.29) is 5.41 Å². The lowest BCUT2D eigenvalue weighted by atomic mass is 9.70. The van der Waals surface area contributed by atoms with Crippen LogP contribution in [-0.2, 0) is 5.41 Å². The molecule has 0 fully saturated rings. The van der Waals surface area contributed by atoms with Gasteiger partial charge in [0.05, 0.1) is 0 Å². The molecule has 0 saturated carbocycles. The summed E-state index contributed by atoms with van der Waals surface area (Å²) < 4.78 is 1.19. The van der Waals surface area contributed by atoms with Gasteiger partial charge in [-0.05, 0) is 89.8 Å². The van der Waals surface area contributed by atoms with E-state index in [4.69, 9.17) is 0 Å². The SMILES string of the molecule is CCCCC1(CCCC)c2ccccc2-c2ccc(-c3c4ccccc4c(Br)c4ccccc34)cc21. The van der Waals surface area contributed by atoms with Gasteiger partial charge in [0.25, 0.3) is 0 Å². The zero-order valence-electron chi connectivity index (χ0n) is 21.3. The molecule has 0 heterocycles. The first-order chi connectivity index (χ1) is 17.7. The van der Waals surface area contributed by atoms with E-state index in [1.807, 2.05) is 0 Å². The van der Waals surface area contributed by atoms with Gasteiger partial charge in [-0.25, -0.2) is 0 Å². The second kappa shape index (κ2) is 9.52. The van der Waals surface area contributed by atoms with Gasteiger partial charge in [0, 0.05) is 9.89 Å². The Hall–Kier alpha value is -2.90. The molecule has 1 aliphatic rings. The lowest BCUT2D eigenvalue weighted by molar-refractivity contribution is 0.414. The molecule has 0 atom stereocenters. The minimum atomic E-state index is 0.106. The maximum Gasteiger partial charge on any atom is 0.0332 e. The van der Waals surface area contributed by atoms with Gasteiger partial charge in [-0.1, -0.05) is 124 Å². The Morgan fingerprint density at radius 2 is 1.11 bits per heavy atom. The van der Waals surface area contributed by atoms with Gasteiger partial charge in [-0.2, -0.15) is 0 Å². The van der Waals surface area contributed by atoms with Crippen LogP contribution in [0.1, 0.15) is 63.5 Å². The van der Waals surface area contributed by atoms with Crippen LogP contribution < -0.4 is 0 Å². The van der Waals surface area contributed by atoms with Gasteiger partial charge < -0.3 is 0 Å². The van der Waals surface area contributed by atoms with Gasteiger partial charge in [-0.15, -0.1) is 0 Å². The zero-order valence-corrected chi connectivity index (χ0v) is 22.9. The maximum atomic E-state index is 3.93. The van der Waals surface area contributed by atoms with E-state index in [1.54, 1.807) is 11.1 Å². The van der Waals surface area contributed by atoms with Gasteiger partial charge in [0.2, 0.25) is 0 Å². The van der Waals surface area contributed by atoms with Gasteiger partial charge in [0.15, 0.2) is 0 Å². The van der Waals surface area contributed by atoms with Crippen LogP contribution in [0.2, 0.25) is 0 Å². The fourth-order valence-electron chi connectivity index (χ4n) is 6.62. The van der Waals surface area contributed by atoms with Crippen LogP contribution >= 0.6 is 15.9 Å². The third-order valence-electron chi connectivity index (χ3n) is 8.34. The minimum absolute atomic E-state index is 0.106. The Morgan fingerprint density at radius 3 is 1.72 bits per heavy atom. The highest BCUT2D eigenvalue weighted by Gasteiger charge is 2.42. The van der Waals surface area contributed by atoms with Crippen LogP contribution in [0.5, 0.6) is 0 Å². The number of halogens is 1.